The fourth-order valence-electron chi connectivity index (χ4n) is 2.88. The van der Waals surface area contributed by atoms with Crippen LogP contribution in [0.5, 0.6) is 0 Å². The van der Waals surface area contributed by atoms with Crippen LogP contribution in [0.25, 0.3) is 11.1 Å². The fourth-order valence-corrected chi connectivity index (χ4v) is 2.88. The molecule has 4 nitrogen and oxygen atoms in total. The van der Waals surface area contributed by atoms with Crippen LogP contribution in [-0.2, 0) is 0 Å². The van der Waals surface area contributed by atoms with Gasteiger partial charge in [0.1, 0.15) is 0 Å². The Hall–Kier alpha value is -2.07. The molecule has 0 saturated heterocycles. The Morgan fingerprint density at radius 1 is 1.19 bits per heavy atom. The molecule has 1 aliphatic rings. The van der Waals surface area contributed by atoms with Crippen LogP contribution in [0, 0.1) is 0 Å². The highest BCUT2D eigenvalue weighted by atomic mass is 16.1. The van der Waals surface area contributed by atoms with Gasteiger partial charge in [-0.2, -0.15) is 0 Å². The maximum absolute atomic E-state index is 11.5. The number of hydrogen-bond acceptors (Lipinski definition) is 3. The Kier molecular flexibility index (Phi) is 3.80. The topological polar surface area (TPSA) is 48.1 Å². The zero-order valence-electron chi connectivity index (χ0n) is 12.5. The smallest absolute Gasteiger partial charge is 0.248 e. The second-order valence-electron chi connectivity index (χ2n) is 5.91. The second kappa shape index (κ2) is 5.74. The number of rotatable bonds is 4. The van der Waals surface area contributed by atoms with Crippen molar-refractivity contribution in [3.05, 3.63) is 52.4 Å². The quantitative estimate of drug-likeness (QED) is 0.906. The van der Waals surface area contributed by atoms with Gasteiger partial charge in [0.25, 0.3) is 0 Å². The number of benzene rings is 1. The van der Waals surface area contributed by atoms with Gasteiger partial charge in [0.05, 0.1) is 0 Å². The molecule has 4 heteroatoms. The summed E-state index contributed by atoms with van der Waals surface area (Å²) in [7, 11) is 4.21. The summed E-state index contributed by atoms with van der Waals surface area (Å²) in [5.41, 5.74) is 4.62. The van der Waals surface area contributed by atoms with Crippen LogP contribution in [0.4, 0.5) is 5.69 Å². The molecule has 0 aliphatic carbocycles. The predicted molar refractivity (Wildman–Crippen MR) is 86.9 cm³/mol. The number of aromatic nitrogens is 1. The van der Waals surface area contributed by atoms with E-state index in [-0.39, 0.29) is 5.56 Å². The monoisotopic (exact) mass is 283 g/mol. The number of fused-ring (bicyclic) bond motifs is 1. The van der Waals surface area contributed by atoms with Gasteiger partial charge in [-0.3, -0.25) is 4.79 Å². The third-order valence-electron chi connectivity index (χ3n) is 4.06. The maximum atomic E-state index is 11.5. The van der Waals surface area contributed by atoms with Crippen LogP contribution in [0.15, 0.2) is 41.3 Å². The van der Waals surface area contributed by atoms with E-state index in [0.717, 1.165) is 30.6 Å². The van der Waals surface area contributed by atoms with Gasteiger partial charge in [-0.05, 0) is 62.0 Å². The second-order valence-corrected chi connectivity index (χ2v) is 5.91. The lowest BCUT2D eigenvalue weighted by Crippen LogP contribution is -2.16. The van der Waals surface area contributed by atoms with Gasteiger partial charge in [-0.15, -0.1) is 0 Å². The molecular weight excluding hydrogens is 262 g/mol. The highest BCUT2D eigenvalue weighted by Crippen LogP contribution is 2.36. The molecule has 1 aromatic heterocycles. The average molecular weight is 283 g/mol. The normalized spacial score (nSPS) is 16.8. The summed E-state index contributed by atoms with van der Waals surface area (Å²) in [5, 5.41) is 3.48. The number of nitrogens with one attached hydrogen (secondary N) is 2. The number of anilines is 1. The largest absolute Gasteiger partial charge is 0.384 e. The van der Waals surface area contributed by atoms with Crippen molar-refractivity contribution in [1.82, 2.24) is 9.88 Å². The Balaban J connectivity index is 1.90. The first kappa shape index (κ1) is 13.9. The van der Waals surface area contributed by atoms with Crippen LogP contribution in [-0.4, -0.2) is 37.1 Å². The van der Waals surface area contributed by atoms with Gasteiger partial charge in [0, 0.05) is 30.4 Å². The summed E-state index contributed by atoms with van der Waals surface area (Å²) >= 11 is 0. The fraction of sp³-hybridized carbons (Fsp3) is 0.353. The Bertz CT molecular complexity index is 690. The highest BCUT2D eigenvalue weighted by Gasteiger charge is 2.22. The first-order chi connectivity index (χ1) is 10.1. The van der Waals surface area contributed by atoms with Crippen molar-refractivity contribution in [1.29, 1.82) is 0 Å². The van der Waals surface area contributed by atoms with E-state index in [0.29, 0.717) is 5.92 Å². The molecule has 0 radical (unpaired) electrons. The predicted octanol–water partition coefficient (Wildman–Crippen LogP) is 2.50. The molecule has 1 aliphatic heterocycles. The van der Waals surface area contributed by atoms with Gasteiger partial charge in [-0.1, -0.05) is 6.07 Å². The maximum Gasteiger partial charge on any atom is 0.248 e. The van der Waals surface area contributed by atoms with E-state index in [1.54, 1.807) is 12.3 Å². The van der Waals surface area contributed by atoms with Crippen molar-refractivity contribution in [2.75, 3.05) is 32.5 Å². The van der Waals surface area contributed by atoms with Crippen molar-refractivity contribution < 1.29 is 0 Å². The number of hydrogen-bond donors (Lipinski definition) is 2. The van der Waals surface area contributed by atoms with Crippen molar-refractivity contribution in [3.8, 4) is 11.1 Å². The van der Waals surface area contributed by atoms with Crippen LogP contribution in [0.1, 0.15) is 17.9 Å². The third kappa shape index (κ3) is 3.00. The molecule has 0 amide bonds. The van der Waals surface area contributed by atoms with Crippen LogP contribution < -0.4 is 10.9 Å². The summed E-state index contributed by atoms with van der Waals surface area (Å²) < 4.78 is 0. The van der Waals surface area contributed by atoms with E-state index in [1.807, 2.05) is 6.07 Å². The standard InChI is InChI=1S/C17H21N3O/c1-20(2)8-6-14-11-19-16-4-3-12(9-15(14)16)13-5-7-18-17(21)10-13/h3-5,7,9-10,14,19H,6,8,11H2,1-2H3,(H,18,21). The van der Waals surface area contributed by atoms with Gasteiger partial charge in [0.15, 0.2) is 0 Å². The molecule has 1 unspecified atom stereocenters. The molecular formula is C17H21N3O. The first-order valence-corrected chi connectivity index (χ1v) is 7.35. The summed E-state index contributed by atoms with van der Waals surface area (Å²) in [6.07, 6.45) is 2.85. The molecule has 0 spiro atoms. The molecule has 0 saturated carbocycles. The van der Waals surface area contributed by atoms with E-state index in [1.165, 1.54) is 11.3 Å². The summed E-state index contributed by atoms with van der Waals surface area (Å²) in [6.45, 7) is 2.09. The van der Waals surface area contributed by atoms with Crippen LogP contribution in [0.2, 0.25) is 0 Å². The highest BCUT2D eigenvalue weighted by molar-refractivity contribution is 5.70. The zero-order chi connectivity index (χ0) is 14.8. The number of pyridine rings is 1. The minimum Gasteiger partial charge on any atom is -0.384 e. The van der Waals surface area contributed by atoms with E-state index >= 15 is 0 Å². The molecule has 1 aromatic carbocycles. The van der Waals surface area contributed by atoms with Gasteiger partial charge in [-0.25, -0.2) is 0 Å². The third-order valence-corrected chi connectivity index (χ3v) is 4.06. The molecule has 3 rings (SSSR count). The minimum absolute atomic E-state index is 0.0599. The number of aromatic amines is 1. The molecule has 2 heterocycles. The van der Waals surface area contributed by atoms with Gasteiger partial charge >= 0.3 is 0 Å². The Labute approximate surface area is 124 Å². The summed E-state index contributed by atoms with van der Waals surface area (Å²) in [5.74, 6) is 0.546. The minimum atomic E-state index is -0.0599. The van der Waals surface area contributed by atoms with Crippen LogP contribution >= 0.6 is 0 Å². The van der Waals surface area contributed by atoms with E-state index in [9.17, 15) is 4.79 Å². The Morgan fingerprint density at radius 3 is 2.76 bits per heavy atom. The van der Waals surface area contributed by atoms with E-state index in [2.05, 4.69) is 47.5 Å². The lowest BCUT2D eigenvalue weighted by molar-refractivity contribution is 0.386. The molecule has 2 N–H and O–H groups in total. The first-order valence-electron chi connectivity index (χ1n) is 7.35. The molecule has 110 valence electrons. The molecule has 0 fully saturated rings. The van der Waals surface area contributed by atoms with E-state index < -0.39 is 0 Å². The van der Waals surface area contributed by atoms with Crippen LogP contribution in [0.3, 0.4) is 0 Å². The molecule has 2 aromatic rings. The summed E-state index contributed by atoms with van der Waals surface area (Å²) in [6, 6.07) is 10.0. The number of H-pyrrole nitrogens is 1. The number of nitrogens with zero attached hydrogens (tertiary/aromatic N) is 1. The lowest BCUT2D eigenvalue weighted by atomic mass is 9.94. The molecule has 0 bridgehead atoms. The SMILES string of the molecule is CN(C)CCC1CNc2ccc(-c3cc[nH]c(=O)c3)cc21. The van der Waals surface area contributed by atoms with Crippen molar-refractivity contribution in [3.63, 3.8) is 0 Å². The molecule has 1 atom stereocenters. The van der Waals surface area contributed by atoms with Crippen molar-refractivity contribution in [2.24, 2.45) is 0 Å². The van der Waals surface area contributed by atoms with Crippen molar-refractivity contribution >= 4 is 5.69 Å². The van der Waals surface area contributed by atoms with E-state index in [4.69, 9.17) is 0 Å². The Morgan fingerprint density at radius 2 is 2.00 bits per heavy atom. The van der Waals surface area contributed by atoms with Gasteiger partial charge in [0.2, 0.25) is 5.56 Å². The molecule has 21 heavy (non-hydrogen) atoms. The van der Waals surface area contributed by atoms with Gasteiger partial charge < -0.3 is 15.2 Å². The average Bonchev–Trinajstić information content (AvgIpc) is 2.87. The van der Waals surface area contributed by atoms with Crippen molar-refractivity contribution in [2.45, 2.75) is 12.3 Å². The zero-order valence-corrected chi connectivity index (χ0v) is 12.5. The summed E-state index contributed by atoms with van der Waals surface area (Å²) in [4.78, 5) is 16.3. The lowest BCUT2D eigenvalue weighted by Gasteiger charge is -2.15.